The number of halogens is 3. The number of benzene rings is 2. The summed E-state index contributed by atoms with van der Waals surface area (Å²) in [6.07, 6.45) is 0.365. The summed E-state index contributed by atoms with van der Waals surface area (Å²) in [5.41, 5.74) is 0.968. The number of rotatable bonds is 9. The second kappa shape index (κ2) is 12.6. The zero-order valence-corrected chi connectivity index (χ0v) is 23.3. The zero-order chi connectivity index (χ0) is 29.7. The molecule has 1 aliphatic rings. The Hall–Kier alpha value is -4.49. The molecule has 13 heteroatoms. The molecule has 0 atom stereocenters. The van der Waals surface area contributed by atoms with E-state index in [1.165, 1.54) is 18.5 Å². The first-order valence-electron chi connectivity index (χ1n) is 13.5. The minimum Gasteiger partial charge on any atom is -0.369 e. The number of anilines is 4. The molecule has 0 aliphatic carbocycles. The Morgan fingerprint density at radius 1 is 1.00 bits per heavy atom. The van der Waals surface area contributed by atoms with E-state index >= 15 is 0 Å². The molecule has 0 bridgehead atoms. The third-order valence-corrected chi connectivity index (χ3v) is 7.06. The molecular formula is C29H32F3N9O. The van der Waals surface area contributed by atoms with Crippen molar-refractivity contribution in [2.45, 2.75) is 13.1 Å². The summed E-state index contributed by atoms with van der Waals surface area (Å²) >= 11 is 0. The van der Waals surface area contributed by atoms with Crippen molar-refractivity contribution in [1.29, 1.82) is 0 Å². The fraction of sp³-hybridized carbons (Fsp3) is 0.310. The van der Waals surface area contributed by atoms with Crippen molar-refractivity contribution in [2.75, 3.05) is 62.3 Å². The summed E-state index contributed by atoms with van der Waals surface area (Å²) in [4.78, 5) is 30.6. The number of amides is 1. The van der Waals surface area contributed by atoms with E-state index in [0.29, 0.717) is 29.0 Å². The van der Waals surface area contributed by atoms with Gasteiger partial charge in [0.1, 0.15) is 18.0 Å². The molecular weight excluding hydrogens is 547 g/mol. The number of aryl methyl sites for hydroxylation is 1. The number of hydrogen-bond acceptors (Lipinski definition) is 8. The minimum absolute atomic E-state index is 0.0906. The van der Waals surface area contributed by atoms with Gasteiger partial charge in [-0.1, -0.05) is 12.1 Å². The van der Waals surface area contributed by atoms with Gasteiger partial charge in [-0.25, -0.2) is 15.0 Å². The highest BCUT2D eigenvalue weighted by Gasteiger charge is 2.31. The van der Waals surface area contributed by atoms with E-state index in [2.05, 4.69) is 47.7 Å². The van der Waals surface area contributed by atoms with Crippen LogP contribution in [-0.2, 0) is 6.18 Å². The van der Waals surface area contributed by atoms with Crippen LogP contribution in [0.5, 0.6) is 0 Å². The first-order valence-corrected chi connectivity index (χ1v) is 13.5. The Labute approximate surface area is 241 Å². The van der Waals surface area contributed by atoms with Gasteiger partial charge < -0.3 is 20.9 Å². The van der Waals surface area contributed by atoms with Crippen LogP contribution in [0.1, 0.15) is 21.5 Å². The van der Waals surface area contributed by atoms with E-state index in [1.807, 2.05) is 13.0 Å². The van der Waals surface area contributed by atoms with Crippen LogP contribution < -0.4 is 16.0 Å². The Bertz CT molecular complexity index is 1530. The number of piperazine rings is 1. The number of nitrogens with one attached hydrogen (secondary N) is 3. The smallest absolute Gasteiger partial charge is 0.369 e. The number of likely N-dealkylation sites (N-methyl/N-ethyl adjacent to an activating group) is 1. The van der Waals surface area contributed by atoms with Crippen molar-refractivity contribution in [3.63, 3.8) is 0 Å². The third kappa shape index (κ3) is 7.22. The Kier molecular flexibility index (Phi) is 8.69. The number of imidazole rings is 1. The number of carbonyl (C=O) groups excluding carboxylic acids is 1. The second-order valence-electron chi connectivity index (χ2n) is 10.1. The monoisotopic (exact) mass is 579 g/mol. The van der Waals surface area contributed by atoms with E-state index < -0.39 is 17.6 Å². The fourth-order valence-corrected chi connectivity index (χ4v) is 4.56. The Balaban J connectivity index is 1.25. The van der Waals surface area contributed by atoms with Gasteiger partial charge in [-0.3, -0.25) is 14.3 Å². The quantitative estimate of drug-likeness (QED) is 0.264. The maximum atomic E-state index is 13.1. The topological polar surface area (TPSA) is 103 Å². The van der Waals surface area contributed by atoms with E-state index in [-0.39, 0.29) is 5.56 Å². The summed E-state index contributed by atoms with van der Waals surface area (Å²) in [5.74, 6) is 1.15. The molecule has 0 unspecified atom stereocenters. The highest BCUT2D eigenvalue weighted by Crippen LogP contribution is 2.30. The molecule has 2 aromatic heterocycles. The lowest BCUT2D eigenvalue weighted by molar-refractivity contribution is -0.137. The standard InChI is InChI=1S/C29H32F3N9O/c1-20-6-7-23(37-27(42)21-4-3-5-22(16-21)29(30,31)32)17-24(20)38-28-34-9-11-41(28)26-18-25(35-19-36-26)33-8-10-40-14-12-39(2)13-15-40/h3-7,9,11,16-19H,8,10,12-15H2,1-2H3,(H,34,38)(H,37,42)(H,33,35,36). The molecule has 1 amide bonds. The molecule has 1 saturated heterocycles. The van der Waals surface area contributed by atoms with Gasteiger partial charge in [0.25, 0.3) is 5.91 Å². The summed E-state index contributed by atoms with van der Waals surface area (Å²) in [5, 5.41) is 9.32. The molecule has 3 heterocycles. The fourth-order valence-electron chi connectivity index (χ4n) is 4.56. The lowest BCUT2D eigenvalue weighted by atomic mass is 10.1. The van der Waals surface area contributed by atoms with Gasteiger partial charge in [0.15, 0.2) is 0 Å². The molecule has 1 aliphatic heterocycles. The maximum Gasteiger partial charge on any atom is 0.416 e. The first kappa shape index (κ1) is 29.0. The highest BCUT2D eigenvalue weighted by molar-refractivity contribution is 6.04. The summed E-state index contributed by atoms with van der Waals surface area (Å²) in [7, 11) is 2.14. The van der Waals surface area contributed by atoms with Gasteiger partial charge in [-0.2, -0.15) is 13.2 Å². The Morgan fingerprint density at radius 2 is 1.81 bits per heavy atom. The average molecular weight is 580 g/mol. The molecule has 3 N–H and O–H groups in total. The number of nitrogens with zero attached hydrogens (tertiary/aromatic N) is 6. The molecule has 0 saturated carbocycles. The molecule has 2 aromatic carbocycles. The molecule has 220 valence electrons. The van der Waals surface area contributed by atoms with Gasteiger partial charge in [-0.15, -0.1) is 0 Å². The highest BCUT2D eigenvalue weighted by atomic mass is 19.4. The van der Waals surface area contributed by atoms with Gasteiger partial charge in [0, 0.05) is 74.7 Å². The third-order valence-electron chi connectivity index (χ3n) is 7.06. The van der Waals surface area contributed by atoms with E-state index in [4.69, 9.17) is 0 Å². The van der Waals surface area contributed by atoms with Crippen LogP contribution >= 0.6 is 0 Å². The average Bonchev–Trinajstić information content (AvgIpc) is 3.44. The predicted octanol–water partition coefficient (Wildman–Crippen LogP) is 4.64. The van der Waals surface area contributed by atoms with Crippen LogP contribution in [0.15, 0.2) is 67.3 Å². The molecule has 42 heavy (non-hydrogen) atoms. The molecule has 4 aromatic rings. The summed E-state index contributed by atoms with van der Waals surface area (Å²) in [6, 6.07) is 11.3. The maximum absolute atomic E-state index is 13.1. The SMILES string of the molecule is Cc1ccc(NC(=O)c2cccc(C(F)(F)F)c2)cc1Nc1nccn1-c1cc(NCCN2CCN(C)CC2)ncn1. The lowest BCUT2D eigenvalue weighted by Crippen LogP contribution is -2.45. The molecule has 0 spiro atoms. The van der Waals surface area contributed by atoms with Crippen LogP contribution in [0.25, 0.3) is 5.82 Å². The Morgan fingerprint density at radius 3 is 2.60 bits per heavy atom. The van der Waals surface area contributed by atoms with E-state index in [9.17, 15) is 18.0 Å². The van der Waals surface area contributed by atoms with Crippen LogP contribution in [0.2, 0.25) is 0 Å². The van der Waals surface area contributed by atoms with Crippen LogP contribution in [-0.4, -0.2) is 81.5 Å². The second-order valence-corrected chi connectivity index (χ2v) is 10.1. The van der Waals surface area contributed by atoms with Gasteiger partial charge >= 0.3 is 6.18 Å². The number of carbonyl (C=O) groups is 1. The largest absolute Gasteiger partial charge is 0.416 e. The minimum atomic E-state index is -4.54. The van der Waals surface area contributed by atoms with Crippen LogP contribution in [0.3, 0.4) is 0 Å². The number of aromatic nitrogens is 4. The molecule has 0 radical (unpaired) electrons. The lowest BCUT2D eigenvalue weighted by Gasteiger charge is -2.32. The zero-order valence-electron chi connectivity index (χ0n) is 23.3. The normalized spacial score (nSPS) is 14.5. The molecule has 1 fully saturated rings. The number of alkyl halides is 3. The van der Waals surface area contributed by atoms with Crippen LogP contribution in [0, 0.1) is 6.92 Å². The van der Waals surface area contributed by atoms with Crippen molar-refractivity contribution in [1.82, 2.24) is 29.3 Å². The van der Waals surface area contributed by atoms with Crippen LogP contribution in [0.4, 0.5) is 36.3 Å². The summed E-state index contributed by atoms with van der Waals surface area (Å²) < 4.78 is 41.0. The van der Waals surface area contributed by atoms with Crippen molar-refractivity contribution < 1.29 is 18.0 Å². The van der Waals surface area contributed by atoms with Gasteiger partial charge in [0.05, 0.1) is 5.56 Å². The van der Waals surface area contributed by atoms with Crippen molar-refractivity contribution >= 4 is 29.0 Å². The molecule has 10 nitrogen and oxygen atoms in total. The van der Waals surface area contributed by atoms with E-state index in [0.717, 1.165) is 57.0 Å². The first-order chi connectivity index (χ1) is 20.2. The van der Waals surface area contributed by atoms with Gasteiger partial charge in [-0.05, 0) is 49.9 Å². The van der Waals surface area contributed by atoms with Gasteiger partial charge in [0.2, 0.25) is 5.95 Å². The van der Waals surface area contributed by atoms with Crippen molar-refractivity contribution in [2.24, 2.45) is 0 Å². The van der Waals surface area contributed by atoms with Crippen molar-refractivity contribution in [3.8, 4) is 5.82 Å². The predicted molar refractivity (Wildman–Crippen MR) is 155 cm³/mol. The molecule has 5 rings (SSSR count). The van der Waals surface area contributed by atoms with E-state index in [1.54, 1.807) is 35.2 Å². The summed E-state index contributed by atoms with van der Waals surface area (Å²) in [6.45, 7) is 7.80. The number of hydrogen-bond donors (Lipinski definition) is 3. The van der Waals surface area contributed by atoms with Crippen molar-refractivity contribution in [3.05, 3.63) is 83.9 Å².